The van der Waals surface area contributed by atoms with Crippen LogP contribution in [0.25, 0.3) is 27.9 Å². The van der Waals surface area contributed by atoms with Gasteiger partial charge < -0.3 is 0 Å². The van der Waals surface area contributed by atoms with Crippen LogP contribution in [0, 0.1) is 5.82 Å². The Hall–Kier alpha value is -2.27. The highest BCUT2D eigenvalue weighted by Gasteiger charge is 2.17. The first-order valence-corrected chi connectivity index (χ1v) is 8.86. The third-order valence-electron chi connectivity index (χ3n) is 4.36. The van der Waals surface area contributed by atoms with E-state index in [-0.39, 0.29) is 11.2 Å². The lowest BCUT2D eigenvalue weighted by molar-refractivity contribution is 0.590. The fraction of sp³-hybridized carbons (Fsp3) is 0.200. The predicted octanol–water partition coefficient (Wildman–Crippen LogP) is 5.75. The molecular weight excluding hydrogens is 381 g/mol. The Bertz CT molecular complexity index is 1090. The molecule has 0 saturated heterocycles. The highest BCUT2D eigenvalue weighted by molar-refractivity contribution is 9.10. The van der Waals surface area contributed by atoms with Gasteiger partial charge in [-0.2, -0.15) is 0 Å². The fourth-order valence-electron chi connectivity index (χ4n) is 3.03. The monoisotopic (exact) mass is 397 g/mol. The molecule has 0 unspecified atom stereocenters. The number of imidazole rings is 1. The van der Waals surface area contributed by atoms with Crippen LogP contribution in [0.15, 0.2) is 53.3 Å². The van der Waals surface area contributed by atoms with Gasteiger partial charge in [0.05, 0.1) is 5.52 Å². The van der Waals surface area contributed by atoms with E-state index in [0.717, 1.165) is 11.3 Å². The minimum atomic E-state index is -0.325. The molecule has 0 fully saturated rings. The maximum atomic E-state index is 14.5. The average Bonchev–Trinajstić information content (AvgIpc) is 3.02. The molecule has 25 heavy (non-hydrogen) atoms. The van der Waals surface area contributed by atoms with Crippen molar-refractivity contribution >= 4 is 32.6 Å². The van der Waals surface area contributed by atoms with Gasteiger partial charge in [-0.15, -0.1) is 0 Å². The molecular formula is C20H17BrFN3. The molecule has 4 aromatic rings. The Balaban J connectivity index is 1.99. The number of aromatic nitrogens is 3. The van der Waals surface area contributed by atoms with Crippen molar-refractivity contribution in [3.63, 3.8) is 0 Å². The molecule has 3 nitrogen and oxygen atoms in total. The molecule has 0 atom stereocenters. The molecule has 0 aliphatic carbocycles. The zero-order valence-corrected chi connectivity index (χ0v) is 15.8. The molecule has 126 valence electrons. The van der Waals surface area contributed by atoms with Crippen LogP contribution in [0.1, 0.15) is 26.3 Å². The van der Waals surface area contributed by atoms with Crippen LogP contribution in [-0.2, 0) is 5.41 Å². The quantitative estimate of drug-likeness (QED) is 0.409. The van der Waals surface area contributed by atoms with Crippen LogP contribution in [0.2, 0.25) is 0 Å². The van der Waals surface area contributed by atoms with Crippen LogP contribution < -0.4 is 0 Å². The highest BCUT2D eigenvalue weighted by atomic mass is 79.9. The summed E-state index contributed by atoms with van der Waals surface area (Å²) in [6.07, 6.45) is 3.44. The van der Waals surface area contributed by atoms with E-state index in [1.54, 1.807) is 16.8 Å². The van der Waals surface area contributed by atoms with Crippen LogP contribution in [0.3, 0.4) is 0 Å². The van der Waals surface area contributed by atoms with E-state index < -0.39 is 0 Å². The molecule has 0 amide bonds. The Morgan fingerprint density at radius 3 is 2.48 bits per heavy atom. The van der Waals surface area contributed by atoms with E-state index in [9.17, 15) is 4.39 Å². The second-order valence-corrected chi connectivity index (χ2v) is 8.08. The Morgan fingerprint density at radius 1 is 1.08 bits per heavy atom. The molecule has 0 radical (unpaired) electrons. The topological polar surface area (TPSA) is 30.2 Å². The number of rotatable bonds is 1. The molecule has 0 aliphatic heterocycles. The van der Waals surface area contributed by atoms with Crippen LogP contribution in [-0.4, -0.2) is 14.4 Å². The standard InChI is InChI=1S/C20H17BrFN3/c1-20(2,3)13-6-4-12(5-7-13)17-19-23-8-9-25(19)18-15(22)10-14(21)11-16(18)24-17/h4-11H,1-3H3. The normalized spacial score (nSPS) is 12.2. The van der Waals surface area contributed by atoms with E-state index >= 15 is 0 Å². The van der Waals surface area contributed by atoms with E-state index in [1.807, 2.05) is 6.07 Å². The summed E-state index contributed by atoms with van der Waals surface area (Å²) < 4.78 is 16.9. The van der Waals surface area contributed by atoms with Crippen molar-refractivity contribution in [1.82, 2.24) is 14.4 Å². The first-order valence-electron chi connectivity index (χ1n) is 8.07. The number of halogens is 2. The van der Waals surface area contributed by atoms with Gasteiger partial charge in [0.1, 0.15) is 11.2 Å². The third-order valence-corrected chi connectivity index (χ3v) is 4.82. The van der Waals surface area contributed by atoms with Crippen molar-refractivity contribution in [3.05, 3.63) is 64.6 Å². The smallest absolute Gasteiger partial charge is 0.164 e. The zero-order chi connectivity index (χ0) is 17.8. The van der Waals surface area contributed by atoms with Gasteiger partial charge in [-0.3, -0.25) is 4.40 Å². The molecule has 5 heteroatoms. The summed E-state index contributed by atoms with van der Waals surface area (Å²) in [5.41, 5.74) is 4.73. The molecule has 2 aromatic heterocycles. The summed E-state index contributed by atoms with van der Waals surface area (Å²) in [6, 6.07) is 11.6. The Labute approximate surface area is 153 Å². The maximum Gasteiger partial charge on any atom is 0.164 e. The van der Waals surface area contributed by atoms with Crippen molar-refractivity contribution in [2.24, 2.45) is 0 Å². The minimum absolute atomic E-state index is 0.0893. The first kappa shape index (κ1) is 16.2. The SMILES string of the molecule is CC(C)(C)c1ccc(-c2nc3cc(Br)cc(F)c3n3ccnc23)cc1. The molecule has 0 spiro atoms. The molecule has 2 heterocycles. The van der Waals surface area contributed by atoms with Crippen molar-refractivity contribution in [1.29, 1.82) is 0 Å². The van der Waals surface area contributed by atoms with Crippen molar-refractivity contribution in [2.75, 3.05) is 0 Å². The van der Waals surface area contributed by atoms with Gasteiger partial charge in [0.2, 0.25) is 0 Å². The first-order chi connectivity index (χ1) is 11.8. The summed E-state index contributed by atoms with van der Waals surface area (Å²) in [5.74, 6) is -0.325. The second kappa shape index (κ2) is 5.63. The summed E-state index contributed by atoms with van der Waals surface area (Å²) in [4.78, 5) is 9.11. The largest absolute Gasteiger partial charge is 0.294 e. The van der Waals surface area contributed by atoms with Crippen LogP contribution in [0.4, 0.5) is 4.39 Å². The van der Waals surface area contributed by atoms with Gasteiger partial charge in [-0.05, 0) is 23.1 Å². The maximum absolute atomic E-state index is 14.5. The van der Waals surface area contributed by atoms with Crippen LogP contribution in [0.5, 0.6) is 0 Å². The highest BCUT2D eigenvalue weighted by Crippen LogP contribution is 2.30. The molecule has 0 saturated carbocycles. The number of hydrogen-bond donors (Lipinski definition) is 0. The molecule has 2 aromatic carbocycles. The number of fused-ring (bicyclic) bond motifs is 3. The molecule has 0 aliphatic rings. The van der Waals surface area contributed by atoms with E-state index in [2.05, 4.69) is 66.0 Å². The lowest BCUT2D eigenvalue weighted by atomic mass is 9.86. The lowest BCUT2D eigenvalue weighted by Crippen LogP contribution is -2.10. The summed E-state index contributed by atoms with van der Waals surface area (Å²) in [6.45, 7) is 6.55. The van der Waals surface area contributed by atoms with Crippen LogP contribution >= 0.6 is 15.9 Å². The average molecular weight is 398 g/mol. The number of nitrogens with zero attached hydrogens (tertiary/aromatic N) is 3. The Kier molecular flexibility index (Phi) is 3.65. The third kappa shape index (κ3) is 2.72. The molecule has 0 bridgehead atoms. The number of benzene rings is 2. The van der Waals surface area contributed by atoms with E-state index in [0.29, 0.717) is 21.2 Å². The van der Waals surface area contributed by atoms with Crippen molar-refractivity contribution in [2.45, 2.75) is 26.2 Å². The zero-order valence-electron chi connectivity index (χ0n) is 14.2. The summed E-state index contributed by atoms with van der Waals surface area (Å²) in [5, 5.41) is 0. The second-order valence-electron chi connectivity index (χ2n) is 7.16. The Morgan fingerprint density at radius 2 is 1.80 bits per heavy atom. The number of hydrogen-bond acceptors (Lipinski definition) is 2. The molecule has 4 rings (SSSR count). The van der Waals surface area contributed by atoms with Gasteiger partial charge in [-0.25, -0.2) is 14.4 Å². The summed E-state index contributed by atoms with van der Waals surface area (Å²) in [7, 11) is 0. The van der Waals surface area contributed by atoms with Gasteiger partial charge in [0.15, 0.2) is 11.5 Å². The van der Waals surface area contributed by atoms with Gasteiger partial charge >= 0.3 is 0 Å². The van der Waals surface area contributed by atoms with Crippen molar-refractivity contribution in [3.8, 4) is 11.3 Å². The van der Waals surface area contributed by atoms with Gasteiger partial charge in [-0.1, -0.05) is 61.0 Å². The van der Waals surface area contributed by atoms with Gasteiger partial charge in [0.25, 0.3) is 0 Å². The minimum Gasteiger partial charge on any atom is -0.294 e. The summed E-state index contributed by atoms with van der Waals surface area (Å²) >= 11 is 3.35. The molecule has 0 N–H and O–H groups in total. The van der Waals surface area contributed by atoms with E-state index in [1.165, 1.54) is 11.6 Å². The fourth-order valence-corrected chi connectivity index (χ4v) is 3.45. The van der Waals surface area contributed by atoms with Gasteiger partial charge in [0, 0.05) is 22.4 Å². The predicted molar refractivity (Wildman–Crippen MR) is 102 cm³/mol. The lowest BCUT2D eigenvalue weighted by Gasteiger charge is -2.19. The van der Waals surface area contributed by atoms with E-state index in [4.69, 9.17) is 4.98 Å². The van der Waals surface area contributed by atoms with Crippen molar-refractivity contribution < 1.29 is 4.39 Å².